The summed E-state index contributed by atoms with van der Waals surface area (Å²) in [5, 5.41) is 3.49. The van der Waals surface area contributed by atoms with Gasteiger partial charge in [-0.3, -0.25) is 0 Å². The van der Waals surface area contributed by atoms with Gasteiger partial charge in [0.1, 0.15) is 11.5 Å². The SMILES string of the molecule is C=C(C)CCNC(=C)c1ccc(C(CCC(C)(C)C)N2C(=C)C(N(CC(C)C)CC(C)C)=NC23CCC(C(C)C)CC3)cc1. The van der Waals surface area contributed by atoms with Crippen molar-refractivity contribution in [3.05, 3.63) is 66.4 Å². The Morgan fingerprint density at radius 3 is 2.05 bits per heavy atom. The van der Waals surface area contributed by atoms with Crippen LogP contribution in [0.25, 0.3) is 5.70 Å². The molecule has 1 aromatic rings. The number of rotatable bonds is 14. The molecule has 1 spiro atoms. The van der Waals surface area contributed by atoms with Gasteiger partial charge in [0.15, 0.2) is 0 Å². The molecule has 2 aliphatic rings. The van der Waals surface area contributed by atoms with Crippen LogP contribution in [0.15, 0.2) is 60.3 Å². The Morgan fingerprint density at radius 2 is 1.57 bits per heavy atom. The van der Waals surface area contributed by atoms with Gasteiger partial charge in [0.25, 0.3) is 0 Å². The number of amidine groups is 1. The number of aliphatic imine (C=N–C) groups is 1. The van der Waals surface area contributed by atoms with E-state index in [0.29, 0.717) is 17.8 Å². The van der Waals surface area contributed by atoms with Gasteiger partial charge in [-0.05, 0) is 92.1 Å². The Labute approximate surface area is 272 Å². The van der Waals surface area contributed by atoms with E-state index in [9.17, 15) is 0 Å². The van der Waals surface area contributed by atoms with Crippen molar-refractivity contribution in [3.8, 4) is 0 Å². The van der Waals surface area contributed by atoms with E-state index in [1.54, 1.807) is 0 Å². The van der Waals surface area contributed by atoms with Crippen molar-refractivity contribution in [2.24, 2.45) is 34.1 Å². The van der Waals surface area contributed by atoms with E-state index in [1.165, 1.54) is 24.0 Å². The second-order valence-corrected chi connectivity index (χ2v) is 16.4. The number of nitrogens with one attached hydrogen (secondary N) is 1. The standard InChI is InChI=1S/C40H66N4/c1-28(2)21-25-41-32(9)35-14-16-36(17-15-35)37(20-22-39(11,12)13)44-33(10)38(43(26-29(3)4)27-30(5)6)42-40(44)23-18-34(19-24-40)31(7)8/h14-17,29-31,34,37,41H,1,9-10,18-27H2,2-8,11-13H3. The monoisotopic (exact) mass is 603 g/mol. The lowest BCUT2D eigenvalue weighted by Gasteiger charge is -2.48. The highest BCUT2D eigenvalue weighted by Gasteiger charge is 2.50. The number of benzene rings is 1. The Balaban J connectivity index is 2.04. The largest absolute Gasteiger partial charge is 0.385 e. The van der Waals surface area contributed by atoms with Crippen LogP contribution in [0, 0.1) is 29.1 Å². The summed E-state index contributed by atoms with van der Waals surface area (Å²) in [7, 11) is 0. The highest BCUT2D eigenvalue weighted by Crippen LogP contribution is 2.50. The molecule has 44 heavy (non-hydrogen) atoms. The van der Waals surface area contributed by atoms with Crippen molar-refractivity contribution in [2.45, 2.75) is 126 Å². The van der Waals surface area contributed by atoms with Gasteiger partial charge in [0.05, 0.1) is 11.7 Å². The molecule has 0 aromatic heterocycles. The average Bonchev–Trinajstić information content (AvgIpc) is 3.19. The molecule has 246 valence electrons. The minimum absolute atomic E-state index is 0.220. The van der Waals surface area contributed by atoms with Gasteiger partial charge in [-0.25, -0.2) is 4.99 Å². The zero-order valence-corrected chi connectivity index (χ0v) is 30.2. The van der Waals surface area contributed by atoms with Crippen LogP contribution in [0.1, 0.15) is 131 Å². The summed E-state index contributed by atoms with van der Waals surface area (Å²) in [4.78, 5) is 11.0. The Bertz CT molecular complexity index is 1130. The summed E-state index contributed by atoms with van der Waals surface area (Å²) in [5.74, 6) is 3.75. The molecule has 4 heteroatoms. The van der Waals surface area contributed by atoms with Gasteiger partial charge in [0.2, 0.25) is 0 Å². The molecule has 1 aliphatic heterocycles. The van der Waals surface area contributed by atoms with Gasteiger partial charge in [-0.15, -0.1) is 6.58 Å². The molecule has 1 unspecified atom stereocenters. The lowest BCUT2D eigenvalue weighted by Crippen LogP contribution is -2.48. The van der Waals surface area contributed by atoms with E-state index in [4.69, 9.17) is 11.6 Å². The molecule has 3 rings (SSSR count). The third kappa shape index (κ3) is 9.51. The highest BCUT2D eigenvalue weighted by molar-refractivity contribution is 5.99. The van der Waals surface area contributed by atoms with Crippen LogP contribution in [0.4, 0.5) is 0 Å². The molecule has 1 N–H and O–H groups in total. The lowest BCUT2D eigenvalue weighted by atomic mass is 9.75. The topological polar surface area (TPSA) is 30.9 Å². The van der Waals surface area contributed by atoms with Crippen LogP contribution < -0.4 is 5.32 Å². The summed E-state index contributed by atoms with van der Waals surface area (Å²) in [6, 6.07) is 9.40. The minimum Gasteiger partial charge on any atom is -0.385 e. The van der Waals surface area contributed by atoms with E-state index < -0.39 is 0 Å². The predicted octanol–water partition coefficient (Wildman–Crippen LogP) is 10.5. The average molecular weight is 603 g/mol. The Morgan fingerprint density at radius 1 is 1.00 bits per heavy atom. The molecule has 1 fully saturated rings. The van der Waals surface area contributed by atoms with Crippen molar-refractivity contribution < 1.29 is 0 Å². The molecule has 1 heterocycles. The first-order chi connectivity index (χ1) is 20.5. The van der Waals surface area contributed by atoms with Crippen LogP contribution in [0.5, 0.6) is 0 Å². The van der Waals surface area contributed by atoms with E-state index in [-0.39, 0.29) is 17.1 Å². The molecule has 1 atom stereocenters. The highest BCUT2D eigenvalue weighted by atomic mass is 15.4. The third-order valence-electron chi connectivity index (χ3n) is 9.57. The quantitative estimate of drug-likeness (QED) is 0.215. The first kappa shape index (κ1) is 36.0. The number of hydrogen-bond acceptors (Lipinski definition) is 4. The minimum atomic E-state index is -0.223. The van der Waals surface area contributed by atoms with Crippen molar-refractivity contribution >= 4 is 11.5 Å². The zero-order chi connectivity index (χ0) is 32.8. The molecule has 1 saturated carbocycles. The second kappa shape index (κ2) is 15.2. The van der Waals surface area contributed by atoms with Gasteiger partial charge in [0, 0.05) is 25.3 Å². The summed E-state index contributed by atoms with van der Waals surface area (Å²) in [6.07, 6.45) is 7.83. The molecule has 0 saturated heterocycles. The zero-order valence-electron chi connectivity index (χ0n) is 30.2. The summed E-state index contributed by atoms with van der Waals surface area (Å²) >= 11 is 0. The Hall–Kier alpha value is -2.49. The van der Waals surface area contributed by atoms with Crippen LogP contribution in [0.2, 0.25) is 0 Å². The van der Waals surface area contributed by atoms with Crippen LogP contribution >= 0.6 is 0 Å². The van der Waals surface area contributed by atoms with Crippen LogP contribution in [-0.4, -0.2) is 40.9 Å². The van der Waals surface area contributed by atoms with Crippen molar-refractivity contribution in [1.82, 2.24) is 15.1 Å². The summed E-state index contributed by atoms with van der Waals surface area (Å²) in [6.45, 7) is 39.4. The fourth-order valence-corrected chi connectivity index (χ4v) is 7.11. The maximum absolute atomic E-state index is 5.76. The van der Waals surface area contributed by atoms with E-state index in [2.05, 4.69) is 122 Å². The van der Waals surface area contributed by atoms with Gasteiger partial charge < -0.3 is 15.1 Å². The van der Waals surface area contributed by atoms with E-state index in [1.807, 2.05) is 0 Å². The fourth-order valence-electron chi connectivity index (χ4n) is 7.11. The third-order valence-corrected chi connectivity index (χ3v) is 9.57. The molecule has 1 aromatic carbocycles. The predicted molar refractivity (Wildman–Crippen MR) is 194 cm³/mol. The van der Waals surface area contributed by atoms with Crippen LogP contribution in [0.3, 0.4) is 0 Å². The second-order valence-electron chi connectivity index (χ2n) is 16.4. The van der Waals surface area contributed by atoms with Crippen molar-refractivity contribution in [2.75, 3.05) is 19.6 Å². The van der Waals surface area contributed by atoms with Crippen molar-refractivity contribution in [3.63, 3.8) is 0 Å². The van der Waals surface area contributed by atoms with Gasteiger partial charge in [-0.1, -0.05) is 105 Å². The van der Waals surface area contributed by atoms with Gasteiger partial charge >= 0.3 is 0 Å². The van der Waals surface area contributed by atoms with Gasteiger partial charge in [-0.2, -0.15) is 0 Å². The molecule has 1 aliphatic carbocycles. The maximum Gasteiger partial charge on any atom is 0.149 e. The maximum atomic E-state index is 5.76. The number of hydrogen-bond donors (Lipinski definition) is 1. The Kier molecular flexibility index (Phi) is 12.4. The first-order valence-corrected chi connectivity index (χ1v) is 17.5. The lowest BCUT2D eigenvalue weighted by molar-refractivity contribution is 0.0394. The van der Waals surface area contributed by atoms with E-state index in [0.717, 1.165) is 80.4 Å². The van der Waals surface area contributed by atoms with Crippen molar-refractivity contribution in [1.29, 1.82) is 0 Å². The fraction of sp³-hybridized carbons (Fsp3) is 0.675. The number of nitrogens with zero attached hydrogens (tertiary/aromatic N) is 3. The summed E-state index contributed by atoms with van der Waals surface area (Å²) < 4.78 is 0. The van der Waals surface area contributed by atoms with Crippen LogP contribution in [-0.2, 0) is 0 Å². The molecule has 0 bridgehead atoms. The molecular formula is C40H66N4. The normalized spacial score (nSPS) is 21.4. The molecule has 4 nitrogen and oxygen atoms in total. The smallest absolute Gasteiger partial charge is 0.149 e. The summed E-state index contributed by atoms with van der Waals surface area (Å²) in [5.41, 5.74) is 5.81. The van der Waals surface area contributed by atoms with E-state index >= 15 is 0 Å². The molecular weight excluding hydrogens is 536 g/mol. The molecule has 0 amide bonds. The first-order valence-electron chi connectivity index (χ1n) is 17.5. The molecule has 0 radical (unpaired) electrons.